The second-order valence-corrected chi connectivity index (χ2v) is 7.01. The number of nitrogens with one attached hydrogen (secondary N) is 1. The summed E-state index contributed by atoms with van der Waals surface area (Å²) in [5.74, 6) is -0.144. The second-order valence-electron chi connectivity index (χ2n) is 4.72. The fraction of sp³-hybridized carbons (Fsp3) is 0.533. The van der Waals surface area contributed by atoms with Gasteiger partial charge in [0.15, 0.2) is 0 Å². The van der Waals surface area contributed by atoms with Gasteiger partial charge in [0.25, 0.3) is 5.91 Å². The highest BCUT2D eigenvalue weighted by atomic mass is 32.2. The van der Waals surface area contributed by atoms with Gasteiger partial charge >= 0.3 is 0 Å². The number of hydrogen-bond acceptors (Lipinski definition) is 4. The standard InChI is InChI=1S/C15H24N2O4S/c1-4-21-12-6-11-16-15(18)13-7-9-14(10-8-13)17(3)22(19,20)5-2/h7-10H,4-6,11-12H2,1-3H3,(H,16,18). The first-order chi connectivity index (χ1) is 10.4. The van der Waals surface area contributed by atoms with Crippen molar-refractivity contribution >= 4 is 21.6 Å². The molecule has 1 N–H and O–H groups in total. The molecule has 0 radical (unpaired) electrons. The van der Waals surface area contributed by atoms with Crippen molar-refractivity contribution in [3.63, 3.8) is 0 Å². The number of hydrogen-bond donors (Lipinski definition) is 1. The first-order valence-corrected chi connectivity index (χ1v) is 8.96. The molecule has 22 heavy (non-hydrogen) atoms. The molecule has 0 aromatic heterocycles. The Morgan fingerprint density at radius 2 is 1.86 bits per heavy atom. The minimum atomic E-state index is -3.29. The highest BCUT2D eigenvalue weighted by Crippen LogP contribution is 2.17. The largest absolute Gasteiger partial charge is 0.382 e. The van der Waals surface area contributed by atoms with Crippen LogP contribution in [0.4, 0.5) is 5.69 Å². The molecule has 0 bridgehead atoms. The third-order valence-corrected chi connectivity index (χ3v) is 5.01. The Morgan fingerprint density at radius 3 is 2.41 bits per heavy atom. The molecule has 0 aliphatic carbocycles. The third-order valence-electron chi connectivity index (χ3n) is 3.23. The molecule has 1 aromatic carbocycles. The Hall–Kier alpha value is -1.60. The van der Waals surface area contributed by atoms with Crippen molar-refractivity contribution in [2.75, 3.05) is 36.9 Å². The summed E-state index contributed by atoms with van der Waals surface area (Å²) in [5.41, 5.74) is 1.04. The van der Waals surface area contributed by atoms with E-state index < -0.39 is 10.0 Å². The molecule has 0 unspecified atom stereocenters. The van der Waals surface area contributed by atoms with Crippen molar-refractivity contribution in [1.82, 2.24) is 5.32 Å². The Labute approximate surface area is 132 Å². The monoisotopic (exact) mass is 328 g/mol. The lowest BCUT2D eigenvalue weighted by molar-refractivity contribution is 0.0944. The smallest absolute Gasteiger partial charge is 0.251 e. The number of carbonyl (C=O) groups excluding carboxylic acids is 1. The molecular formula is C15H24N2O4S. The number of nitrogens with zero attached hydrogens (tertiary/aromatic N) is 1. The molecule has 1 rings (SSSR count). The molecule has 6 nitrogen and oxygen atoms in total. The maximum absolute atomic E-state index is 11.9. The first kappa shape index (κ1) is 18.4. The van der Waals surface area contributed by atoms with Crippen LogP contribution in [0.3, 0.4) is 0 Å². The summed E-state index contributed by atoms with van der Waals surface area (Å²) in [4.78, 5) is 11.9. The van der Waals surface area contributed by atoms with Gasteiger partial charge in [0, 0.05) is 32.4 Å². The topological polar surface area (TPSA) is 75.7 Å². The molecule has 1 aromatic rings. The number of carbonyl (C=O) groups is 1. The molecular weight excluding hydrogens is 304 g/mol. The van der Waals surface area contributed by atoms with E-state index in [-0.39, 0.29) is 11.7 Å². The fourth-order valence-electron chi connectivity index (χ4n) is 1.80. The van der Waals surface area contributed by atoms with Gasteiger partial charge in [-0.3, -0.25) is 9.10 Å². The van der Waals surface area contributed by atoms with Gasteiger partial charge in [-0.25, -0.2) is 8.42 Å². The van der Waals surface area contributed by atoms with Crippen LogP contribution in [0.2, 0.25) is 0 Å². The zero-order chi connectivity index (χ0) is 16.6. The normalized spacial score (nSPS) is 11.2. The lowest BCUT2D eigenvalue weighted by atomic mass is 10.2. The van der Waals surface area contributed by atoms with Crippen molar-refractivity contribution in [3.05, 3.63) is 29.8 Å². The third kappa shape index (κ3) is 5.31. The number of benzene rings is 1. The Kier molecular flexibility index (Phi) is 7.34. The highest BCUT2D eigenvalue weighted by molar-refractivity contribution is 7.92. The average Bonchev–Trinajstić information content (AvgIpc) is 2.54. The molecule has 124 valence electrons. The zero-order valence-electron chi connectivity index (χ0n) is 13.3. The minimum Gasteiger partial charge on any atom is -0.382 e. The van der Waals surface area contributed by atoms with Crippen LogP contribution in [0.25, 0.3) is 0 Å². The number of sulfonamides is 1. The summed E-state index contributed by atoms with van der Waals surface area (Å²) in [6, 6.07) is 6.49. The van der Waals surface area contributed by atoms with E-state index in [1.807, 2.05) is 6.92 Å². The molecule has 0 aliphatic rings. The van der Waals surface area contributed by atoms with E-state index in [9.17, 15) is 13.2 Å². The number of ether oxygens (including phenoxy) is 1. The first-order valence-electron chi connectivity index (χ1n) is 7.35. The molecule has 0 heterocycles. The minimum absolute atomic E-state index is 0.0333. The maximum Gasteiger partial charge on any atom is 0.251 e. The predicted octanol–water partition coefficient (Wildman–Crippen LogP) is 1.63. The molecule has 0 aliphatic heterocycles. The van der Waals surface area contributed by atoms with Gasteiger partial charge < -0.3 is 10.1 Å². The summed E-state index contributed by atoms with van der Waals surface area (Å²) in [6.07, 6.45) is 0.759. The van der Waals surface area contributed by atoms with E-state index in [4.69, 9.17) is 4.74 Å². The van der Waals surface area contributed by atoms with Gasteiger partial charge in [0.05, 0.1) is 11.4 Å². The van der Waals surface area contributed by atoms with Gasteiger partial charge in [0.2, 0.25) is 10.0 Å². The van der Waals surface area contributed by atoms with Crippen molar-refractivity contribution < 1.29 is 17.9 Å². The van der Waals surface area contributed by atoms with Crippen LogP contribution < -0.4 is 9.62 Å². The van der Waals surface area contributed by atoms with Crippen LogP contribution in [0.15, 0.2) is 24.3 Å². The Morgan fingerprint density at radius 1 is 1.23 bits per heavy atom. The maximum atomic E-state index is 11.9. The summed E-state index contributed by atoms with van der Waals surface area (Å²) in [7, 11) is -1.79. The lowest BCUT2D eigenvalue weighted by Crippen LogP contribution is -2.28. The van der Waals surface area contributed by atoms with Crippen molar-refractivity contribution in [3.8, 4) is 0 Å². The predicted molar refractivity (Wildman–Crippen MR) is 87.7 cm³/mol. The number of rotatable bonds is 9. The Bertz CT molecular complexity index is 570. The summed E-state index contributed by atoms with van der Waals surface area (Å²) in [5, 5.41) is 2.80. The molecule has 1 amide bonds. The van der Waals surface area contributed by atoms with Gasteiger partial charge in [-0.15, -0.1) is 0 Å². The number of amides is 1. The van der Waals surface area contributed by atoms with Crippen LogP contribution >= 0.6 is 0 Å². The fourth-order valence-corrected chi connectivity index (χ4v) is 2.63. The molecule has 0 spiro atoms. The van der Waals surface area contributed by atoms with E-state index in [1.165, 1.54) is 11.4 Å². The zero-order valence-corrected chi connectivity index (χ0v) is 14.1. The van der Waals surface area contributed by atoms with Crippen LogP contribution in [0, 0.1) is 0 Å². The second kappa shape index (κ2) is 8.75. The Balaban J connectivity index is 2.59. The van der Waals surface area contributed by atoms with Crippen molar-refractivity contribution in [2.24, 2.45) is 0 Å². The van der Waals surface area contributed by atoms with E-state index in [0.717, 1.165) is 6.42 Å². The molecule has 7 heteroatoms. The lowest BCUT2D eigenvalue weighted by Gasteiger charge is -2.18. The van der Waals surface area contributed by atoms with Crippen LogP contribution in [0.5, 0.6) is 0 Å². The SMILES string of the molecule is CCOCCCNC(=O)c1ccc(N(C)S(=O)(=O)CC)cc1. The quantitative estimate of drug-likeness (QED) is 0.699. The van der Waals surface area contributed by atoms with Crippen LogP contribution in [-0.4, -0.2) is 46.9 Å². The van der Waals surface area contributed by atoms with E-state index >= 15 is 0 Å². The van der Waals surface area contributed by atoms with Crippen LogP contribution in [0.1, 0.15) is 30.6 Å². The summed E-state index contributed by atoms with van der Waals surface area (Å²) >= 11 is 0. The van der Waals surface area contributed by atoms with Crippen molar-refractivity contribution in [1.29, 1.82) is 0 Å². The van der Waals surface area contributed by atoms with E-state index in [0.29, 0.717) is 31.0 Å². The van der Waals surface area contributed by atoms with Gasteiger partial charge in [0.1, 0.15) is 0 Å². The van der Waals surface area contributed by atoms with Gasteiger partial charge in [-0.2, -0.15) is 0 Å². The average molecular weight is 328 g/mol. The highest BCUT2D eigenvalue weighted by Gasteiger charge is 2.16. The van der Waals surface area contributed by atoms with Crippen LogP contribution in [-0.2, 0) is 14.8 Å². The van der Waals surface area contributed by atoms with E-state index in [1.54, 1.807) is 31.2 Å². The van der Waals surface area contributed by atoms with Gasteiger partial charge in [-0.05, 0) is 44.5 Å². The molecule has 0 atom stereocenters. The summed E-state index contributed by atoms with van der Waals surface area (Å²) < 4.78 is 30.0. The van der Waals surface area contributed by atoms with Crippen molar-refractivity contribution in [2.45, 2.75) is 20.3 Å². The molecule has 0 fully saturated rings. The summed E-state index contributed by atoms with van der Waals surface area (Å²) in [6.45, 7) is 5.36. The van der Waals surface area contributed by atoms with E-state index in [2.05, 4.69) is 5.32 Å². The molecule has 0 saturated heterocycles. The number of anilines is 1. The van der Waals surface area contributed by atoms with Gasteiger partial charge in [-0.1, -0.05) is 0 Å². The molecule has 0 saturated carbocycles.